The Kier molecular flexibility index (Phi) is 1.52. The number of pyridine rings is 1. The maximum Gasteiger partial charge on any atom is 0.218 e. The van der Waals surface area contributed by atoms with Crippen LogP contribution in [-0.4, -0.2) is 17.6 Å². The second-order valence-electron chi connectivity index (χ2n) is 3.63. The van der Waals surface area contributed by atoms with Crippen LogP contribution in [0, 0.1) is 0 Å². The van der Waals surface area contributed by atoms with E-state index in [2.05, 4.69) is 16.4 Å². The Bertz CT molecular complexity index is 326. The first-order chi connectivity index (χ1) is 6.45. The summed E-state index contributed by atoms with van der Waals surface area (Å²) < 4.78 is 5.74. The zero-order valence-corrected chi connectivity index (χ0v) is 7.36. The fourth-order valence-corrected chi connectivity index (χ4v) is 2.18. The minimum atomic E-state index is 0.318. The monoisotopic (exact) mass is 176 g/mol. The molecule has 0 amide bonds. The van der Waals surface area contributed by atoms with Crippen LogP contribution in [0.3, 0.4) is 0 Å². The molecule has 68 valence electrons. The third-order valence-corrected chi connectivity index (χ3v) is 2.80. The number of nitrogens with one attached hydrogen (secondary N) is 1. The normalized spacial score (nSPS) is 30.5. The third kappa shape index (κ3) is 1.04. The average molecular weight is 176 g/mol. The molecule has 2 aliphatic rings. The molecule has 1 aromatic heterocycles. The van der Waals surface area contributed by atoms with Crippen molar-refractivity contribution in [3.05, 3.63) is 23.9 Å². The SMILES string of the molecule is c1cnc2c(c1)C1NCCCC1O2. The van der Waals surface area contributed by atoms with Gasteiger partial charge < -0.3 is 10.1 Å². The van der Waals surface area contributed by atoms with Crippen LogP contribution in [0.5, 0.6) is 5.88 Å². The van der Waals surface area contributed by atoms with E-state index >= 15 is 0 Å². The molecule has 0 aromatic carbocycles. The Balaban J connectivity index is 2.01. The Morgan fingerprint density at radius 3 is 3.54 bits per heavy atom. The van der Waals surface area contributed by atoms with E-state index in [-0.39, 0.29) is 0 Å². The second kappa shape index (κ2) is 2.70. The molecule has 2 unspecified atom stereocenters. The standard InChI is InChI=1S/C10H12N2O/c1-3-7-9-8(4-2-5-11-9)13-10(7)12-6-1/h1,3,6,8-9,11H,2,4-5H2. The van der Waals surface area contributed by atoms with Gasteiger partial charge in [-0.05, 0) is 25.5 Å². The molecule has 1 saturated heterocycles. The average Bonchev–Trinajstić information content (AvgIpc) is 2.56. The Hall–Kier alpha value is -1.09. The summed E-state index contributed by atoms with van der Waals surface area (Å²) >= 11 is 0. The molecule has 0 aliphatic carbocycles. The van der Waals surface area contributed by atoms with Gasteiger partial charge in [-0.25, -0.2) is 4.98 Å². The van der Waals surface area contributed by atoms with E-state index in [1.807, 2.05) is 6.07 Å². The fourth-order valence-electron chi connectivity index (χ4n) is 2.18. The molecule has 1 N–H and O–H groups in total. The number of nitrogens with zero attached hydrogens (tertiary/aromatic N) is 1. The van der Waals surface area contributed by atoms with Gasteiger partial charge in [-0.3, -0.25) is 0 Å². The zero-order valence-electron chi connectivity index (χ0n) is 7.36. The first kappa shape index (κ1) is 7.33. The number of fused-ring (bicyclic) bond motifs is 3. The topological polar surface area (TPSA) is 34.2 Å². The molecule has 13 heavy (non-hydrogen) atoms. The summed E-state index contributed by atoms with van der Waals surface area (Å²) in [7, 11) is 0. The van der Waals surface area contributed by atoms with Crippen LogP contribution >= 0.6 is 0 Å². The number of ether oxygens (including phenoxy) is 1. The van der Waals surface area contributed by atoms with E-state index in [9.17, 15) is 0 Å². The maximum absolute atomic E-state index is 5.74. The first-order valence-corrected chi connectivity index (χ1v) is 4.80. The highest BCUT2D eigenvalue weighted by Gasteiger charge is 2.36. The number of hydrogen-bond acceptors (Lipinski definition) is 3. The van der Waals surface area contributed by atoms with Gasteiger partial charge in [-0.2, -0.15) is 0 Å². The lowest BCUT2D eigenvalue weighted by Crippen LogP contribution is -2.36. The van der Waals surface area contributed by atoms with Gasteiger partial charge in [0.15, 0.2) is 0 Å². The number of rotatable bonds is 0. The molecule has 3 heteroatoms. The largest absolute Gasteiger partial charge is 0.472 e. The molecule has 3 nitrogen and oxygen atoms in total. The molecular weight excluding hydrogens is 164 g/mol. The predicted octanol–water partition coefficient (Wildman–Crippen LogP) is 1.27. The third-order valence-electron chi connectivity index (χ3n) is 2.80. The molecule has 3 rings (SSSR count). The van der Waals surface area contributed by atoms with Gasteiger partial charge in [0.1, 0.15) is 6.10 Å². The summed E-state index contributed by atoms with van der Waals surface area (Å²) in [5.74, 6) is 0.826. The van der Waals surface area contributed by atoms with Crippen molar-refractivity contribution in [1.29, 1.82) is 0 Å². The van der Waals surface area contributed by atoms with Gasteiger partial charge in [0.2, 0.25) is 5.88 Å². The van der Waals surface area contributed by atoms with Gasteiger partial charge in [0.25, 0.3) is 0 Å². The summed E-state index contributed by atoms with van der Waals surface area (Å²) in [4.78, 5) is 4.22. The molecule has 2 atom stereocenters. The second-order valence-corrected chi connectivity index (χ2v) is 3.63. The fraction of sp³-hybridized carbons (Fsp3) is 0.500. The summed E-state index contributed by atoms with van der Waals surface area (Å²) in [6.45, 7) is 1.10. The molecule has 0 saturated carbocycles. The molecule has 0 radical (unpaired) electrons. The summed E-state index contributed by atoms with van der Waals surface area (Å²) in [6, 6.07) is 4.46. The number of aromatic nitrogens is 1. The van der Waals surface area contributed by atoms with Crippen LogP contribution in [0.15, 0.2) is 18.3 Å². The van der Waals surface area contributed by atoms with E-state index in [0.717, 1.165) is 18.8 Å². The van der Waals surface area contributed by atoms with Gasteiger partial charge in [0, 0.05) is 11.8 Å². The van der Waals surface area contributed by atoms with Crippen molar-refractivity contribution in [1.82, 2.24) is 10.3 Å². The van der Waals surface area contributed by atoms with Crippen LogP contribution in [0.4, 0.5) is 0 Å². The Morgan fingerprint density at radius 2 is 2.54 bits per heavy atom. The summed E-state index contributed by atoms with van der Waals surface area (Å²) in [5, 5.41) is 3.47. The van der Waals surface area contributed by atoms with E-state index < -0.39 is 0 Å². The summed E-state index contributed by atoms with van der Waals surface area (Å²) in [6.07, 6.45) is 4.46. The van der Waals surface area contributed by atoms with Gasteiger partial charge in [0.05, 0.1) is 6.04 Å². The van der Waals surface area contributed by atoms with Crippen LogP contribution < -0.4 is 10.1 Å². The molecular formula is C10H12N2O. The quantitative estimate of drug-likeness (QED) is 0.646. The first-order valence-electron chi connectivity index (χ1n) is 4.80. The molecule has 1 fully saturated rings. The van der Waals surface area contributed by atoms with Crippen molar-refractivity contribution in [2.45, 2.75) is 25.0 Å². The molecule has 0 bridgehead atoms. The number of hydrogen-bond donors (Lipinski definition) is 1. The van der Waals surface area contributed by atoms with Crippen molar-refractivity contribution in [3.8, 4) is 5.88 Å². The summed E-state index contributed by atoms with van der Waals surface area (Å²) in [5.41, 5.74) is 1.23. The van der Waals surface area contributed by atoms with Crippen molar-refractivity contribution in [2.24, 2.45) is 0 Å². The van der Waals surface area contributed by atoms with Gasteiger partial charge >= 0.3 is 0 Å². The van der Waals surface area contributed by atoms with Crippen molar-refractivity contribution in [3.63, 3.8) is 0 Å². The Labute approximate surface area is 77.1 Å². The predicted molar refractivity (Wildman–Crippen MR) is 48.6 cm³/mol. The van der Waals surface area contributed by atoms with Crippen LogP contribution in [0.1, 0.15) is 24.4 Å². The van der Waals surface area contributed by atoms with Crippen molar-refractivity contribution >= 4 is 0 Å². The van der Waals surface area contributed by atoms with E-state index in [1.54, 1.807) is 6.20 Å². The lowest BCUT2D eigenvalue weighted by molar-refractivity contribution is 0.150. The number of piperidine rings is 1. The zero-order chi connectivity index (χ0) is 8.67. The molecule has 2 aliphatic heterocycles. The maximum atomic E-state index is 5.74. The lowest BCUT2D eigenvalue weighted by atomic mass is 9.98. The lowest BCUT2D eigenvalue weighted by Gasteiger charge is -2.24. The van der Waals surface area contributed by atoms with Crippen LogP contribution in [0.25, 0.3) is 0 Å². The van der Waals surface area contributed by atoms with E-state index in [4.69, 9.17) is 4.74 Å². The molecule has 3 heterocycles. The highest BCUT2D eigenvalue weighted by Crippen LogP contribution is 2.37. The minimum absolute atomic E-state index is 0.318. The highest BCUT2D eigenvalue weighted by molar-refractivity contribution is 5.34. The molecule has 0 spiro atoms. The van der Waals surface area contributed by atoms with E-state index in [0.29, 0.717) is 12.1 Å². The van der Waals surface area contributed by atoms with Crippen LogP contribution in [0.2, 0.25) is 0 Å². The van der Waals surface area contributed by atoms with Gasteiger partial charge in [-0.15, -0.1) is 0 Å². The smallest absolute Gasteiger partial charge is 0.218 e. The molecule has 1 aromatic rings. The minimum Gasteiger partial charge on any atom is -0.472 e. The van der Waals surface area contributed by atoms with Crippen molar-refractivity contribution < 1.29 is 4.74 Å². The van der Waals surface area contributed by atoms with Crippen molar-refractivity contribution in [2.75, 3.05) is 6.54 Å². The highest BCUT2D eigenvalue weighted by atomic mass is 16.5. The van der Waals surface area contributed by atoms with Gasteiger partial charge in [-0.1, -0.05) is 6.07 Å². The van der Waals surface area contributed by atoms with E-state index in [1.165, 1.54) is 12.0 Å². The Morgan fingerprint density at radius 1 is 1.54 bits per heavy atom. The van der Waals surface area contributed by atoms with Crippen LogP contribution in [-0.2, 0) is 0 Å².